The van der Waals surface area contributed by atoms with E-state index in [1.807, 2.05) is 0 Å². The number of halogens is 15. The van der Waals surface area contributed by atoms with E-state index in [1.54, 1.807) is 0 Å². The summed E-state index contributed by atoms with van der Waals surface area (Å²) in [4.78, 5) is -3.52. The van der Waals surface area contributed by atoms with Gasteiger partial charge in [-0.15, -0.1) is 11.6 Å². The van der Waals surface area contributed by atoms with Crippen LogP contribution in [-0.2, 0) is 0 Å². The van der Waals surface area contributed by atoms with Crippen molar-refractivity contribution in [2.75, 3.05) is 0 Å². The molecule has 0 bridgehead atoms. The highest BCUT2D eigenvalue weighted by Gasteiger charge is 2.80. The lowest BCUT2D eigenvalue weighted by atomic mass is 10.0. The highest BCUT2D eigenvalue weighted by atomic mass is 35.6. The first kappa shape index (κ1) is 26.4. The van der Waals surface area contributed by atoms with Gasteiger partial charge in [-0.25, -0.2) is 0 Å². The lowest BCUT2D eigenvalue weighted by Gasteiger charge is -2.53. The highest BCUT2D eigenvalue weighted by Crippen LogP contribution is 2.71. The second-order valence-electron chi connectivity index (χ2n) is 3.64. The zero-order valence-corrected chi connectivity index (χ0v) is 20.5. The minimum atomic E-state index is -2.82. The summed E-state index contributed by atoms with van der Waals surface area (Å²) < 4.78 is -13.3. The predicted molar refractivity (Wildman–Crippen MR) is 107 cm³/mol. The van der Waals surface area contributed by atoms with Crippen LogP contribution in [-0.4, -0.2) is 25.5 Å². The van der Waals surface area contributed by atoms with Gasteiger partial charge < -0.3 is 0 Å². The highest BCUT2D eigenvalue weighted by molar-refractivity contribution is 6.82. The zero-order chi connectivity index (χ0) is 18.6. The molecule has 133 valence electrons. The van der Waals surface area contributed by atoms with Gasteiger partial charge in [0.1, 0.15) is 0 Å². The maximum Gasteiger partial charge on any atom is 0.216 e. The molecule has 0 amide bonds. The molecule has 0 saturated carbocycles. The van der Waals surface area contributed by atoms with E-state index in [0.29, 0.717) is 0 Å². The summed E-state index contributed by atoms with van der Waals surface area (Å²) in [5, 5.41) is 0. The van der Waals surface area contributed by atoms with Crippen LogP contribution >= 0.6 is 174 Å². The average molecular weight is 616 g/mol. The predicted octanol–water partition coefficient (Wildman–Crippen LogP) is 9.19. The molecule has 0 aromatic carbocycles. The summed E-state index contributed by atoms with van der Waals surface area (Å²) >= 11 is 87.6. The first-order chi connectivity index (χ1) is 9.19. The Labute approximate surface area is 201 Å². The fourth-order valence-corrected chi connectivity index (χ4v) is 6.28. The molecule has 0 aliphatic heterocycles. The monoisotopic (exact) mass is 609 g/mol. The molecular formula is C7Cl15. The van der Waals surface area contributed by atoms with Crippen LogP contribution in [0.2, 0.25) is 0 Å². The molecule has 0 heterocycles. The van der Waals surface area contributed by atoms with Gasteiger partial charge in [0, 0.05) is 0 Å². The van der Waals surface area contributed by atoms with Crippen molar-refractivity contribution < 1.29 is 0 Å². The first-order valence-corrected chi connectivity index (χ1v) is 10.0. The van der Waals surface area contributed by atoms with Gasteiger partial charge in [0.05, 0.1) is 0 Å². The van der Waals surface area contributed by atoms with E-state index in [2.05, 4.69) is 0 Å². The molecule has 0 aliphatic carbocycles. The van der Waals surface area contributed by atoms with Gasteiger partial charge in [-0.2, -0.15) is 0 Å². The van der Waals surface area contributed by atoms with Crippen molar-refractivity contribution in [3.8, 4) is 0 Å². The fourth-order valence-electron chi connectivity index (χ4n) is 1.05. The SMILES string of the molecule is Cl[C](Cl)C(Cl)(Cl)C(Cl)(Cl)C(Cl)(Cl)C(Cl)(C(Cl)(Cl)Cl)C(Cl)(Cl)Cl. The smallest absolute Gasteiger partial charge is 0.106 e. The fraction of sp³-hybridized carbons (Fsp3) is 0.857. The standard InChI is InChI=1S/C7Cl15/c8-1(9)2(10,11)4(13,14)5(15,16)3(12,6(17,18)19)7(20,21)22. The van der Waals surface area contributed by atoms with Gasteiger partial charge in [0.15, 0.2) is 22.7 Å². The third-order valence-electron chi connectivity index (χ3n) is 2.24. The number of hydrogen-bond donors (Lipinski definition) is 0. The molecule has 15 heteroatoms. The molecule has 0 fully saturated rings. The van der Waals surface area contributed by atoms with Crippen molar-refractivity contribution >= 4 is 174 Å². The van der Waals surface area contributed by atoms with Gasteiger partial charge in [0.2, 0.25) is 7.59 Å². The van der Waals surface area contributed by atoms with Crippen LogP contribution in [0.1, 0.15) is 0 Å². The minimum Gasteiger partial charge on any atom is -0.106 e. The maximum absolute atomic E-state index is 6.14. The van der Waals surface area contributed by atoms with Crippen LogP contribution in [0.25, 0.3) is 0 Å². The Morgan fingerprint density at radius 3 is 0.909 bits per heavy atom. The van der Waals surface area contributed by atoms with Crippen molar-refractivity contribution in [2.24, 2.45) is 0 Å². The molecule has 0 saturated heterocycles. The number of hydrogen-bond acceptors (Lipinski definition) is 0. The number of alkyl halides is 13. The van der Waals surface area contributed by atoms with Crippen molar-refractivity contribution in [3.05, 3.63) is 4.84 Å². The van der Waals surface area contributed by atoms with Gasteiger partial charge in [-0.3, -0.25) is 0 Å². The Kier molecular flexibility index (Phi) is 9.58. The first-order valence-electron chi connectivity index (χ1n) is 4.33. The van der Waals surface area contributed by atoms with E-state index in [0.717, 1.165) is 0 Å². The van der Waals surface area contributed by atoms with Gasteiger partial charge >= 0.3 is 0 Å². The summed E-state index contributed by atoms with van der Waals surface area (Å²) in [6.45, 7) is 0. The van der Waals surface area contributed by atoms with E-state index in [4.69, 9.17) is 174 Å². The molecule has 0 aromatic rings. The summed E-state index contributed by atoms with van der Waals surface area (Å²) in [6, 6.07) is 0. The Balaban J connectivity index is 6.52. The summed E-state index contributed by atoms with van der Waals surface area (Å²) in [5.41, 5.74) is 0. The lowest BCUT2D eigenvalue weighted by molar-refractivity contribution is 0.461. The van der Waals surface area contributed by atoms with Crippen LogP contribution < -0.4 is 0 Å². The molecule has 0 nitrogen and oxygen atoms in total. The molecule has 0 unspecified atom stereocenters. The normalized spacial score (nSPS) is 16.4. The van der Waals surface area contributed by atoms with Crippen LogP contribution in [0.15, 0.2) is 0 Å². The molecule has 0 N–H and O–H groups in total. The second-order valence-corrected chi connectivity index (χ2v) is 13.7. The molecule has 1 radical (unpaired) electrons. The van der Waals surface area contributed by atoms with Gasteiger partial charge in [-0.05, 0) is 0 Å². The van der Waals surface area contributed by atoms with Crippen molar-refractivity contribution in [1.29, 1.82) is 0 Å². The molecule has 0 aliphatic rings. The van der Waals surface area contributed by atoms with E-state index < -0.39 is 30.3 Å². The van der Waals surface area contributed by atoms with Gasteiger partial charge in [0.25, 0.3) is 0 Å². The van der Waals surface area contributed by atoms with E-state index in [-0.39, 0.29) is 0 Å². The average Bonchev–Trinajstić information content (AvgIpc) is 2.23. The van der Waals surface area contributed by atoms with E-state index in [9.17, 15) is 0 Å². The molecule has 0 atom stereocenters. The summed E-state index contributed by atoms with van der Waals surface area (Å²) in [5.74, 6) is 0. The van der Waals surface area contributed by atoms with Crippen molar-refractivity contribution in [1.82, 2.24) is 0 Å². The van der Waals surface area contributed by atoms with Crippen molar-refractivity contribution in [2.45, 2.75) is 25.5 Å². The molecular weight excluding hydrogens is 616 g/mol. The van der Waals surface area contributed by atoms with Crippen LogP contribution in [0, 0.1) is 4.84 Å². The maximum atomic E-state index is 6.14. The molecule has 22 heavy (non-hydrogen) atoms. The molecule has 0 spiro atoms. The topological polar surface area (TPSA) is 0 Å². The van der Waals surface area contributed by atoms with Crippen LogP contribution in [0.3, 0.4) is 0 Å². The third-order valence-corrected chi connectivity index (χ3v) is 10.5. The zero-order valence-electron chi connectivity index (χ0n) is 9.17. The van der Waals surface area contributed by atoms with Crippen LogP contribution in [0.5, 0.6) is 0 Å². The second kappa shape index (κ2) is 8.00. The Morgan fingerprint density at radius 2 is 0.727 bits per heavy atom. The van der Waals surface area contributed by atoms with E-state index >= 15 is 0 Å². The quantitative estimate of drug-likeness (QED) is 0.277. The molecule has 0 rings (SSSR count). The Morgan fingerprint density at radius 1 is 0.455 bits per heavy atom. The Hall–Kier alpha value is 4.35. The Bertz CT molecular complexity index is 383. The third kappa shape index (κ3) is 4.33. The minimum absolute atomic E-state index is 0.751. The number of rotatable bonds is 4. The summed E-state index contributed by atoms with van der Waals surface area (Å²) in [6.07, 6.45) is 0. The summed E-state index contributed by atoms with van der Waals surface area (Å²) in [7, 11) is 0. The van der Waals surface area contributed by atoms with Gasteiger partial charge in [-0.1, -0.05) is 162 Å². The van der Waals surface area contributed by atoms with Crippen molar-refractivity contribution in [3.63, 3.8) is 0 Å². The molecule has 0 aromatic heterocycles. The van der Waals surface area contributed by atoms with E-state index in [1.165, 1.54) is 0 Å². The van der Waals surface area contributed by atoms with Crippen LogP contribution in [0.4, 0.5) is 0 Å². The lowest BCUT2D eigenvalue weighted by Crippen LogP contribution is -2.69. The largest absolute Gasteiger partial charge is 0.216 e.